The van der Waals surface area contributed by atoms with Crippen molar-refractivity contribution >= 4 is 29.6 Å². The van der Waals surface area contributed by atoms with Gasteiger partial charge >= 0.3 is 0 Å². The molecule has 0 radical (unpaired) electrons. The molecule has 28 heavy (non-hydrogen) atoms. The molecule has 0 aliphatic carbocycles. The molecule has 1 nitrogen and oxygen atoms in total. The maximum absolute atomic E-state index is 6.21. The SMILES string of the molecule is CC(C)(C)[C@@H]1C=C(c2ccccc2P(c2ccccc2)c2ccccc2)OC1. The van der Waals surface area contributed by atoms with Crippen molar-refractivity contribution in [3.8, 4) is 0 Å². The maximum Gasteiger partial charge on any atom is 0.123 e. The second-order valence-electron chi connectivity index (χ2n) is 8.34. The third-order valence-electron chi connectivity index (χ3n) is 5.32. The van der Waals surface area contributed by atoms with Gasteiger partial charge in [-0.05, 0) is 35.3 Å². The van der Waals surface area contributed by atoms with Gasteiger partial charge in [-0.15, -0.1) is 0 Å². The highest BCUT2D eigenvalue weighted by Crippen LogP contribution is 2.40. The molecule has 142 valence electrons. The van der Waals surface area contributed by atoms with Crippen LogP contribution in [0.1, 0.15) is 26.3 Å². The first-order valence-electron chi connectivity index (χ1n) is 9.88. The Balaban J connectivity index is 1.83. The van der Waals surface area contributed by atoms with Crippen LogP contribution >= 0.6 is 7.92 Å². The summed E-state index contributed by atoms with van der Waals surface area (Å²) in [5, 5.41) is 4.08. The smallest absolute Gasteiger partial charge is 0.123 e. The summed E-state index contributed by atoms with van der Waals surface area (Å²) in [7, 11) is -0.646. The van der Waals surface area contributed by atoms with Crippen molar-refractivity contribution in [3.63, 3.8) is 0 Å². The Morgan fingerprint density at radius 2 is 1.29 bits per heavy atom. The summed E-state index contributed by atoms with van der Waals surface area (Å²) in [6.45, 7) is 7.62. The van der Waals surface area contributed by atoms with E-state index in [0.29, 0.717) is 5.92 Å². The Morgan fingerprint density at radius 1 is 0.750 bits per heavy atom. The molecule has 0 saturated carbocycles. The minimum Gasteiger partial charge on any atom is -0.493 e. The molecule has 0 N–H and O–H groups in total. The molecule has 3 aromatic carbocycles. The molecule has 0 amide bonds. The summed E-state index contributed by atoms with van der Waals surface area (Å²) in [6, 6.07) is 30.5. The van der Waals surface area contributed by atoms with Crippen LogP contribution in [0.4, 0.5) is 0 Å². The van der Waals surface area contributed by atoms with Crippen LogP contribution in [0.25, 0.3) is 5.76 Å². The van der Waals surface area contributed by atoms with E-state index in [4.69, 9.17) is 4.74 Å². The van der Waals surface area contributed by atoms with Crippen molar-refractivity contribution < 1.29 is 4.74 Å². The van der Waals surface area contributed by atoms with E-state index in [9.17, 15) is 0 Å². The van der Waals surface area contributed by atoms with Gasteiger partial charge in [-0.25, -0.2) is 0 Å². The van der Waals surface area contributed by atoms with Crippen LogP contribution in [0.2, 0.25) is 0 Å². The van der Waals surface area contributed by atoms with Gasteiger partial charge in [0, 0.05) is 11.5 Å². The molecular weight excluding hydrogens is 359 g/mol. The van der Waals surface area contributed by atoms with Gasteiger partial charge in [0.25, 0.3) is 0 Å². The number of ether oxygens (including phenoxy) is 1. The van der Waals surface area contributed by atoms with Crippen molar-refractivity contribution in [3.05, 3.63) is 96.6 Å². The Bertz CT molecular complexity index is 915. The molecular formula is C26H27OP. The van der Waals surface area contributed by atoms with Crippen LogP contribution in [0.5, 0.6) is 0 Å². The lowest BCUT2D eigenvalue weighted by molar-refractivity contribution is 0.191. The molecule has 0 unspecified atom stereocenters. The van der Waals surface area contributed by atoms with Gasteiger partial charge in [-0.3, -0.25) is 0 Å². The second kappa shape index (κ2) is 7.94. The van der Waals surface area contributed by atoms with Crippen molar-refractivity contribution in [2.24, 2.45) is 11.3 Å². The van der Waals surface area contributed by atoms with E-state index in [-0.39, 0.29) is 5.41 Å². The Kier molecular flexibility index (Phi) is 5.38. The lowest BCUT2D eigenvalue weighted by atomic mass is 9.81. The van der Waals surface area contributed by atoms with E-state index in [0.717, 1.165) is 12.4 Å². The van der Waals surface area contributed by atoms with Gasteiger partial charge < -0.3 is 4.74 Å². The number of hydrogen-bond acceptors (Lipinski definition) is 1. The molecule has 0 aromatic heterocycles. The van der Waals surface area contributed by atoms with E-state index in [1.54, 1.807) is 0 Å². The van der Waals surface area contributed by atoms with Crippen LogP contribution in [-0.4, -0.2) is 6.61 Å². The zero-order chi connectivity index (χ0) is 19.6. The fraction of sp³-hybridized carbons (Fsp3) is 0.231. The van der Waals surface area contributed by atoms with Gasteiger partial charge in [0.2, 0.25) is 0 Å². The van der Waals surface area contributed by atoms with Gasteiger partial charge in [-0.2, -0.15) is 0 Å². The minimum atomic E-state index is -0.646. The van der Waals surface area contributed by atoms with E-state index in [1.807, 2.05) is 0 Å². The quantitative estimate of drug-likeness (QED) is 0.540. The van der Waals surface area contributed by atoms with Crippen LogP contribution in [0, 0.1) is 11.3 Å². The number of hydrogen-bond donors (Lipinski definition) is 0. The second-order valence-corrected chi connectivity index (χ2v) is 10.5. The predicted octanol–water partition coefficient (Wildman–Crippen LogP) is 5.48. The molecule has 3 aromatic rings. The van der Waals surface area contributed by atoms with Crippen LogP contribution in [0.3, 0.4) is 0 Å². The molecule has 0 bridgehead atoms. The fourth-order valence-electron chi connectivity index (χ4n) is 3.58. The standard InChI is InChI=1S/C26H27OP/c1-26(2,3)20-18-24(27-19-20)23-16-10-11-17-25(23)28(21-12-6-4-7-13-21)22-14-8-5-9-15-22/h4-18,20H,19H2,1-3H3/t20-/m1/s1. The lowest BCUT2D eigenvalue weighted by Crippen LogP contribution is -2.23. The van der Waals surface area contributed by atoms with Crippen LogP contribution in [-0.2, 0) is 4.74 Å². The van der Waals surface area contributed by atoms with Gasteiger partial charge in [-0.1, -0.05) is 106 Å². The van der Waals surface area contributed by atoms with Crippen molar-refractivity contribution in [2.45, 2.75) is 20.8 Å². The first kappa shape index (κ1) is 19.0. The van der Waals surface area contributed by atoms with E-state index >= 15 is 0 Å². The van der Waals surface area contributed by atoms with E-state index in [1.165, 1.54) is 21.5 Å². The molecule has 1 atom stereocenters. The van der Waals surface area contributed by atoms with Gasteiger partial charge in [0.15, 0.2) is 0 Å². The lowest BCUT2D eigenvalue weighted by Gasteiger charge is -2.23. The van der Waals surface area contributed by atoms with Crippen LogP contribution < -0.4 is 15.9 Å². The number of rotatable bonds is 4. The molecule has 4 rings (SSSR count). The van der Waals surface area contributed by atoms with Crippen molar-refractivity contribution in [1.82, 2.24) is 0 Å². The highest BCUT2D eigenvalue weighted by molar-refractivity contribution is 7.80. The average molecular weight is 386 g/mol. The molecule has 1 aliphatic heterocycles. The summed E-state index contributed by atoms with van der Waals surface area (Å²) in [5.74, 6) is 1.48. The highest BCUT2D eigenvalue weighted by Gasteiger charge is 2.30. The summed E-state index contributed by atoms with van der Waals surface area (Å²) in [5.41, 5.74) is 1.44. The number of benzene rings is 3. The van der Waals surface area contributed by atoms with Crippen molar-refractivity contribution in [2.75, 3.05) is 6.61 Å². The zero-order valence-corrected chi connectivity index (χ0v) is 17.7. The molecule has 0 spiro atoms. The molecule has 0 saturated heterocycles. The van der Waals surface area contributed by atoms with Crippen LogP contribution in [0.15, 0.2) is 91.0 Å². The topological polar surface area (TPSA) is 9.23 Å². The largest absolute Gasteiger partial charge is 0.493 e. The third-order valence-corrected chi connectivity index (χ3v) is 7.82. The Labute approximate surface area is 169 Å². The van der Waals surface area contributed by atoms with Gasteiger partial charge in [0.1, 0.15) is 5.76 Å². The third kappa shape index (κ3) is 3.91. The van der Waals surface area contributed by atoms with E-state index < -0.39 is 7.92 Å². The first-order chi connectivity index (χ1) is 13.5. The van der Waals surface area contributed by atoms with Gasteiger partial charge in [0.05, 0.1) is 6.61 Å². The average Bonchev–Trinajstić information content (AvgIpc) is 3.21. The highest BCUT2D eigenvalue weighted by atomic mass is 31.1. The normalized spacial score (nSPS) is 16.7. The molecule has 0 fully saturated rings. The zero-order valence-electron chi connectivity index (χ0n) is 16.8. The summed E-state index contributed by atoms with van der Waals surface area (Å²) >= 11 is 0. The Morgan fingerprint density at radius 3 is 1.82 bits per heavy atom. The summed E-state index contributed by atoms with van der Waals surface area (Å²) < 4.78 is 6.21. The summed E-state index contributed by atoms with van der Waals surface area (Å²) in [6.07, 6.45) is 2.34. The van der Waals surface area contributed by atoms with E-state index in [2.05, 4.69) is 112 Å². The first-order valence-corrected chi connectivity index (χ1v) is 11.2. The molecule has 2 heteroatoms. The molecule has 1 aliphatic rings. The Hall–Kier alpha value is -2.37. The summed E-state index contributed by atoms with van der Waals surface area (Å²) in [4.78, 5) is 0. The monoisotopic (exact) mass is 386 g/mol. The maximum atomic E-state index is 6.21. The molecule has 1 heterocycles. The predicted molar refractivity (Wildman–Crippen MR) is 122 cm³/mol. The van der Waals surface area contributed by atoms with Crippen molar-refractivity contribution in [1.29, 1.82) is 0 Å². The minimum absolute atomic E-state index is 0.209. The fourth-order valence-corrected chi connectivity index (χ4v) is 6.04.